The van der Waals surface area contributed by atoms with Gasteiger partial charge in [0, 0.05) is 40.4 Å². The summed E-state index contributed by atoms with van der Waals surface area (Å²) in [6.07, 6.45) is 9.85. The van der Waals surface area contributed by atoms with Crippen molar-refractivity contribution in [1.82, 2.24) is 0 Å². The van der Waals surface area contributed by atoms with Crippen molar-refractivity contribution < 1.29 is 147 Å². The Morgan fingerprint density at radius 2 is 0.811 bits per heavy atom. The molecule has 4 aliphatic rings. The van der Waals surface area contributed by atoms with Gasteiger partial charge in [-0.1, -0.05) is 12.1 Å². The number of carbonyl (C=O) groups excluding carboxylic acids is 4. The normalized spacial score (nSPS) is 17.4. The molecule has 4 aliphatic carbocycles. The third-order valence-corrected chi connectivity index (χ3v) is 12.8. The molecule has 4 aromatic rings. The van der Waals surface area contributed by atoms with Crippen molar-refractivity contribution in [2.24, 2.45) is 31.9 Å². The van der Waals surface area contributed by atoms with E-state index >= 15 is 0 Å². The molecule has 0 fully saturated rings. The van der Waals surface area contributed by atoms with E-state index in [0.717, 1.165) is 30.4 Å². The van der Waals surface area contributed by atoms with E-state index in [0.29, 0.717) is 0 Å². The van der Waals surface area contributed by atoms with Crippen LogP contribution in [0.2, 0.25) is 0 Å². The number of anilines is 6. The van der Waals surface area contributed by atoms with Gasteiger partial charge in [-0.25, -0.2) is 25.3 Å². The molecule has 0 aromatic heterocycles. The van der Waals surface area contributed by atoms with Crippen LogP contribution in [0.15, 0.2) is 162 Å². The fraction of sp³-hybridized carbons (Fsp3) is 0. The SMILES string of the molecule is NC1=CC(=O)C(=NNc2ccc3c(c2)C(=O)C(=NNc2ccc(Nc4ccc(NN=C5C(=O)c6cc(NN=C7C=CC(N)=CC7=O)ccc6C=C5S(=O)(=O)[O-])cc4S(=O)(=O)[O-])cc2)C(S(=O)(=O)[O-])=C3)C=C1.[Na+].[Na+].[Na+]. The topological polar surface area (TPSA) is 402 Å². The van der Waals surface area contributed by atoms with Crippen LogP contribution >= 0.6 is 0 Å². The Labute approximate surface area is 486 Å². The van der Waals surface area contributed by atoms with Crippen LogP contribution in [-0.4, -0.2) is 84.9 Å². The number of allylic oxidation sites excluding steroid dienone is 8. The fourth-order valence-electron chi connectivity index (χ4n) is 6.81. The summed E-state index contributed by atoms with van der Waals surface area (Å²) in [5, 5.41) is 18.5. The Bertz CT molecular complexity index is 3760. The average molecular weight is 1090 g/mol. The Balaban J connectivity index is 0.00000338. The molecule has 24 nitrogen and oxygen atoms in total. The molecule has 0 saturated heterocycles. The van der Waals surface area contributed by atoms with E-state index in [1.807, 2.05) is 0 Å². The molecular weight excluding hydrogens is 1060 g/mol. The van der Waals surface area contributed by atoms with Gasteiger partial charge < -0.3 is 30.4 Å². The zero-order chi connectivity index (χ0) is 51.0. The van der Waals surface area contributed by atoms with Gasteiger partial charge in [-0.2, -0.15) is 20.4 Å². The van der Waals surface area contributed by atoms with Crippen LogP contribution in [0, 0.1) is 0 Å². The number of nitrogens with zero attached hydrogens (tertiary/aromatic N) is 4. The van der Waals surface area contributed by atoms with Gasteiger partial charge in [-0.3, -0.25) is 40.9 Å². The van der Waals surface area contributed by atoms with Crippen LogP contribution in [0.3, 0.4) is 0 Å². The van der Waals surface area contributed by atoms with Crippen molar-refractivity contribution in [3.8, 4) is 0 Å². The van der Waals surface area contributed by atoms with E-state index in [1.54, 1.807) is 0 Å². The monoisotopic (exact) mass is 1090 g/mol. The Morgan fingerprint density at radius 1 is 0.432 bits per heavy atom. The van der Waals surface area contributed by atoms with Crippen LogP contribution in [0.4, 0.5) is 34.1 Å². The van der Waals surface area contributed by atoms with E-state index < -0.39 is 79.6 Å². The van der Waals surface area contributed by atoms with Crippen LogP contribution in [0.1, 0.15) is 31.8 Å². The van der Waals surface area contributed by atoms with E-state index in [2.05, 4.69) is 47.4 Å². The van der Waals surface area contributed by atoms with Gasteiger partial charge in [0.25, 0.3) is 0 Å². The summed E-state index contributed by atoms with van der Waals surface area (Å²) in [5.41, 5.74) is 20.3. The van der Waals surface area contributed by atoms with Gasteiger partial charge in [0.15, 0.2) is 0 Å². The summed E-state index contributed by atoms with van der Waals surface area (Å²) in [4.78, 5) is 48.9. The summed E-state index contributed by atoms with van der Waals surface area (Å²) in [5.74, 6) is -2.96. The zero-order valence-electron chi connectivity index (χ0n) is 38.6. The van der Waals surface area contributed by atoms with Gasteiger partial charge >= 0.3 is 88.7 Å². The minimum absolute atomic E-state index is 0. The summed E-state index contributed by atoms with van der Waals surface area (Å²) < 4.78 is 111. The maximum atomic E-state index is 13.7. The maximum Gasteiger partial charge on any atom is 1.00 e. The molecule has 0 amide bonds. The number of hydrogen-bond donors (Lipinski definition) is 7. The van der Waals surface area contributed by atoms with Crippen molar-refractivity contribution in [2.45, 2.75) is 4.90 Å². The van der Waals surface area contributed by atoms with E-state index in [-0.39, 0.29) is 168 Å². The van der Waals surface area contributed by atoms with Gasteiger partial charge in [0.05, 0.1) is 43.1 Å². The molecule has 0 aliphatic heterocycles. The van der Waals surface area contributed by atoms with Crippen LogP contribution in [0.25, 0.3) is 12.2 Å². The second-order valence-electron chi connectivity index (χ2n) is 15.1. The number of Topliss-reactive ketones (excluding diaryl/α,β-unsaturated/α-hetero) is 2. The Morgan fingerprint density at radius 3 is 1.23 bits per heavy atom. The number of nitrogens with two attached hydrogens (primary N) is 2. The summed E-state index contributed by atoms with van der Waals surface area (Å²) >= 11 is 0. The Kier molecular flexibility index (Phi) is 18.9. The molecule has 9 N–H and O–H groups in total. The molecule has 0 saturated carbocycles. The number of hydrazone groups is 4. The number of ketones is 4. The quantitative estimate of drug-likeness (QED) is 0.0284. The van der Waals surface area contributed by atoms with Gasteiger partial charge in [0.2, 0.25) is 23.1 Å². The minimum atomic E-state index is -5.34. The van der Waals surface area contributed by atoms with Crippen molar-refractivity contribution >= 4 is 123 Å². The van der Waals surface area contributed by atoms with Gasteiger partial charge in [0.1, 0.15) is 53.2 Å². The first kappa shape index (κ1) is 58.9. The first-order chi connectivity index (χ1) is 33.5. The molecule has 0 heterocycles. The number of carbonyl (C=O) groups is 4. The molecule has 0 unspecified atom stereocenters. The van der Waals surface area contributed by atoms with Gasteiger partial charge in [-0.15, -0.1) is 0 Å². The Hall–Kier alpha value is -5.99. The largest absolute Gasteiger partial charge is 1.00 e. The molecule has 30 heteroatoms. The molecule has 0 spiro atoms. The molecule has 74 heavy (non-hydrogen) atoms. The summed E-state index contributed by atoms with van der Waals surface area (Å²) in [6.45, 7) is 0. The van der Waals surface area contributed by atoms with Crippen LogP contribution in [-0.2, 0) is 39.9 Å². The second kappa shape index (κ2) is 23.7. The first-order valence-electron chi connectivity index (χ1n) is 20.0. The number of nitrogens with one attached hydrogen (secondary N) is 5. The van der Waals surface area contributed by atoms with E-state index in [4.69, 9.17) is 11.5 Å². The zero-order valence-corrected chi connectivity index (χ0v) is 47.0. The summed E-state index contributed by atoms with van der Waals surface area (Å²) in [7, 11) is -15.9. The van der Waals surface area contributed by atoms with Crippen molar-refractivity contribution in [3.63, 3.8) is 0 Å². The smallest absolute Gasteiger partial charge is 0.744 e. The molecule has 8 rings (SSSR count). The van der Waals surface area contributed by atoms with Crippen molar-refractivity contribution in [2.75, 3.05) is 27.0 Å². The number of rotatable bonds is 13. The molecular formula is C44H30N11Na3O13S3. The van der Waals surface area contributed by atoms with Gasteiger partial charge in [-0.05, 0) is 114 Å². The molecule has 0 atom stereocenters. The van der Waals surface area contributed by atoms with Crippen LogP contribution < -0.4 is 127 Å². The predicted molar refractivity (Wildman–Crippen MR) is 258 cm³/mol. The maximum absolute atomic E-state index is 13.7. The number of fused-ring (bicyclic) bond motifs is 2. The standard InChI is InChI=1S/C44H33N11O13S3.3Na/c45-24-3-12-33(36(56)17-24)52-49-28-5-1-22-15-39(70(63,64)65)41(43(58)31(22)19-28)54-48-27-9-7-26(8-10-27)47-35-14-11-30(21-38(35)69(60,61)62)51-55-42-40(71(66,67)68)16-23-2-6-29(20-32(23)44(42)59)50-53-34-13-4-25(46)18-37(34)57;;;/h1-21,47-51H,45-46H2,(H,60,61,62)(H,63,64,65)(H,66,67,68);;;/q;3*+1/p-3. The van der Waals surface area contributed by atoms with Crippen molar-refractivity contribution in [3.05, 3.63) is 159 Å². The first-order valence-corrected chi connectivity index (χ1v) is 24.2. The number of benzene rings is 4. The van der Waals surface area contributed by atoms with Crippen molar-refractivity contribution in [1.29, 1.82) is 0 Å². The molecule has 4 aromatic carbocycles. The fourth-order valence-corrected chi connectivity index (χ4v) is 8.76. The summed E-state index contributed by atoms with van der Waals surface area (Å²) in [6, 6.07) is 16.7. The van der Waals surface area contributed by atoms with E-state index in [9.17, 15) is 58.1 Å². The molecule has 0 bridgehead atoms. The number of hydrogen-bond acceptors (Lipinski definition) is 24. The van der Waals surface area contributed by atoms with Crippen LogP contribution in [0.5, 0.6) is 0 Å². The molecule has 0 radical (unpaired) electrons. The third kappa shape index (κ3) is 13.6. The molecule has 360 valence electrons. The third-order valence-electron chi connectivity index (χ3n) is 10.2. The predicted octanol–water partition coefficient (Wildman–Crippen LogP) is -6.05. The minimum Gasteiger partial charge on any atom is -0.744 e. The van der Waals surface area contributed by atoms with E-state index in [1.165, 1.54) is 97.1 Å². The second-order valence-corrected chi connectivity index (χ2v) is 19.1. The average Bonchev–Trinajstić information content (AvgIpc) is 3.30.